The topological polar surface area (TPSA) is 92.9 Å². The number of oxazole rings is 1. The Hall–Kier alpha value is -3.48. The van der Waals surface area contributed by atoms with E-state index in [1.807, 2.05) is 32.0 Å². The van der Waals surface area contributed by atoms with Crippen molar-refractivity contribution in [2.75, 3.05) is 7.05 Å². The summed E-state index contributed by atoms with van der Waals surface area (Å²) in [5.41, 5.74) is 9.39. The van der Waals surface area contributed by atoms with Gasteiger partial charge < -0.3 is 15.1 Å². The van der Waals surface area contributed by atoms with E-state index in [0.717, 1.165) is 28.6 Å². The molecule has 1 atom stereocenters. The summed E-state index contributed by atoms with van der Waals surface area (Å²) in [5.74, 6) is 3.37. The average molecular weight is 403 g/mol. The number of nitrogens with two attached hydrogens (primary N) is 1. The van der Waals surface area contributed by atoms with Gasteiger partial charge in [-0.25, -0.2) is 15.0 Å². The number of pyridine rings is 1. The lowest BCUT2D eigenvalue weighted by molar-refractivity contribution is 0.317. The second kappa shape index (κ2) is 8.49. The molecule has 5 rings (SSSR count). The summed E-state index contributed by atoms with van der Waals surface area (Å²) in [5, 5.41) is 0. The van der Waals surface area contributed by atoms with Crippen molar-refractivity contribution in [3.8, 4) is 11.6 Å². The normalized spacial score (nSPS) is 17.9. The molecule has 3 heterocycles. The molecule has 0 saturated heterocycles. The molecule has 1 unspecified atom stereocenters. The number of aliphatic imine (C=N–C) groups is 2. The number of rotatable bonds is 4. The Morgan fingerprint density at radius 1 is 1.17 bits per heavy atom. The van der Waals surface area contributed by atoms with Gasteiger partial charge in [-0.2, -0.15) is 0 Å². The van der Waals surface area contributed by atoms with Crippen LogP contribution in [0.5, 0.6) is 0 Å². The van der Waals surface area contributed by atoms with E-state index in [4.69, 9.17) is 15.1 Å². The van der Waals surface area contributed by atoms with Crippen molar-refractivity contribution in [1.82, 2.24) is 14.9 Å². The molecule has 1 aliphatic carbocycles. The number of hydrogen-bond acceptors (Lipinski definition) is 6. The van der Waals surface area contributed by atoms with E-state index < -0.39 is 0 Å². The van der Waals surface area contributed by atoms with Crippen LogP contribution < -0.4 is 5.73 Å². The summed E-state index contributed by atoms with van der Waals surface area (Å²) >= 11 is 0. The van der Waals surface area contributed by atoms with Crippen LogP contribution in [0.1, 0.15) is 35.9 Å². The fourth-order valence-electron chi connectivity index (χ4n) is 3.37. The zero-order chi connectivity index (χ0) is 21.1. The van der Waals surface area contributed by atoms with Crippen molar-refractivity contribution < 1.29 is 4.42 Å². The highest BCUT2D eigenvalue weighted by atomic mass is 16.4. The number of hydrogen-bond donors (Lipinski definition) is 1. The van der Waals surface area contributed by atoms with Gasteiger partial charge in [0.05, 0.1) is 18.2 Å². The van der Waals surface area contributed by atoms with E-state index in [2.05, 4.69) is 45.1 Å². The lowest BCUT2D eigenvalue weighted by atomic mass is 10.0. The third-order valence-corrected chi connectivity index (χ3v) is 5.18. The average Bonchev–Trinajstić information content (AvgIpc) is 3.49. The molecule has 0 amide bonds. The summed E-state index contributed by atoms with van der Waals surface area (Å²) in [6.07, 6.45) is 7.50. The highest BCUT2D eigenvalue weighted by Crippen LogP contribution is 2.41. The van der Waals surface area contributed by atoms with E-state index >= 15 is 0 Å². The van der Waals surface area contributed by atoms with Gasteiger partial charge in [0.15, 0.2) is 0 Å². The number of amidine groups is 1. The molecule has 0 radical (unpaired) electrons. The van der Waals surface area contributed by atoms with Gasteiger partial charge >= 0.3 is 0 Å². The molecule has 0 spiro atoms. The molecule has 3 aromatic rings. The molecule has 1 aromatic carbocycles. The lowest BCUT2D eigenvalue weighted by Crippen LogP contribution is -2.40. The highest BCUT2D eigenvalue weighted by Gasteiger charge is 2.39. The minimum absolute atomic E-state index is 0.160. The van der Waals surface area contributed by atoms with Crippen molar-refractivity contribution in [2.45, 2.75) is 32.9 Å². The smallest absolute Gasteiger partial charge is 0.245 e. The standard InChI is InChI=1S/C14H18N4.C9H8N2O/c1-9-3-4-11(7-12(9)16-8-15)14-17-13(18(14)2)10-5-6-10;1-7-6-11-9(12-7)8-4-2-3-5-10-8/h3-4,7-8,10,14H,5-6H2,1-2H3,(H2,15,16);2-6H,1H3. The van der Waals surface area contributed by atoms with Crippen LogP contribution in [0, 0.1) is 19.8 Å². The quantitative estimate of drug-likeness (QED) is 0.515. The van der Waals surface area contributed by atoms with Gasteiger partial charge in [-0.1, -0.05) is 18.2 Å². The molecule has 154 valence electrons. The maximum atomic E-state index is 5.37. The Balaban J connectivity index is 0.000000158. The minimum atomic E-state index is 0.160. The summed E-state index contributed by atoms with van der Waals surface area (Å²) in [7, 11) is 2.12. The number of aromatic nitrogens is 2. The fourth-order valence-corrected chi connectivity index (χ4v) is 3.37. The Morgan fingerprint density at radius 3 is 2.60 bits per heavy atom. The summed E-state index contributed by atoms with van der Waals surface area (Å²) in [4.78, 5) is 19.3. The van der Waals surface area contributed by atoms with Crippen LogP contribution in [0.25, 0.3) is 11.6 Å². The Bertz CT molecular complexity index is 1070. The van der Waals surface area contributed by atoms with Gasteiger partial charge in [-0.05, 0) is 56.0 Å². The fraction of sp³-hybridized carbons (Fsp3) is 0.304. The van der Waals surface area contributed by atoms with Crippen molar-refractivity contribution in [3.05, 3.63) is 65.7 Å². The Labute approximate surface area is 176 Å². The van der Waals surface area contributed by atoms with Gasteiger partial charge in [0.2, 0.25) is 5.89 Å². The van der Waals surface area contributed by atoms with Crippen LogP contribution in [0.2, 0.25) is 0 Å². The molecule has 2 aromatic heterocycles. The van der Waals surface area contributed by atoms with Crippen LogP contribution in [0.3, 0.4) is 0 Å². The number of aryl methyl sites for hydroxylation is 2. The van der Waals surface area contributed by atoms with Crippen molar-refractivity contribution >= 4 is 17.9 Å². The Morgan fingerprint density at radius 2 is 2.00 bits per heavy atom. The van der Waals surface area contributed by atoms with Crippen LogP contribution in [0.15, 0.2) is 63.2 Å². The molecular weight excluding hydrogens is 376 g/mol. The zero-order valence-corrected chi connectivity index (χ0v) is 17.5. The van der Waals surface area contributed by atoms with Crippen LogP contribution in [-0.4, -0.2) is 34.1 Å². The Kier molecular flexibility index (Phi) is 5.61. The summed E-state index contributed by atoms with van der Waals surface area (Å²) in [6, 6.07) is 11.9. The summed E-state index contributed by atoms with van der Waals surface area (Å²) < 4.78 is 5.30. The highest BCUT2D eigenvalue weighted by molar-refractivity contribution is 5.90. The summed E-state index contributed by atoms with van der Waals surface area (Å²) in [6.45, 7) is 3.90. The van der Waals surface area contributed by atoms with Crippen molar-refractivity contribution in [1.29, 1.82) is 0 Å². The predicted molar refractivity (Wildman–Crippen MR) is 119 cm³/mol. The molecule has 0 bridgehead atoms. The number of benzene rings is 1. The second-order valence-electron chi connectivity index (χ2n) is 7.56. The first-order valence-electron chi connectivity index (χ1n) is 10.1. The maximum Gasteiger partial charge on any atom is 0.245 e. The molecule has 1 fully saturated rings. The van der Waals surface area contributed by atoms with E-state index in [0.29, 0.717) is 5.89 Å². The third-order valence-electron chi connectivity index (χ3n) is 5.18. The molecular formula is C23H26N6O. The van der Waals surface area contributed by atoms with Gasteiger partial charge in [0, 0.05) is 19.2 Å². The van der Waals surface area contributed by atoms with E-state index in [1.165, 1.54) is 30.6 Å². The first kappa shape index (κ1) is 19.8. The first-order chi connectivity index (χ1) is 14.6. The second-order valence-corrected chi connectivity index (χ2v) is 7.56. The molecule has 1 aliphatic heterocycles. The third kappa shape index (κ3) is 4.25. The van der Waals surface area contributed by atoms with Gasteiger partial charge in [-0.3, -0.25) is 4.98 Å². The van der Waals surface area contributed by atoms with E-state index in [9.17, 15) is 0 Å². The predicted octanol–water partition coefficient (Wildman–Crippen LogP) is 4.41. The minimum Gasteiger partial charge on any atom is -0.440 e. The van der Waals surface area contributed by atoms with Crippen LogP contribution in [0.4, 0.5) is 5.69 Å². The van der Waals surface area contributed by atoms with Gasteiger partial charge in [0.1, 0.15) is 23.5 Å². The van der Waals surface area contributed by atoms with Crippen molar-refractivity contribution in [2.24, 2.45) is 21.6 Å². The molecule has 7 nitrogen and oxygen atoms in total. The van der Waals surface area contributed by atoms with E-state index in [1.54, 1.807) is 12.4 Å². The maximum absolute atomic E-state index is 5.37. The van der Waals surface area contributed by atoms with E-state index in [-0.39, 0.29) is 6.17 Å². The van der Waals surface area contributed by atoms with Gasteiger partial charge in [0.25, 0.3) is 0 Å². The van der Waals surface area contributed by atoms with Crippen molar-refractivity contribution in [3.63, 3.8) is 0 Å². The largest absolute Gasteiger partial charge is 0.440 e. The van der Waals surface area contributed by atoms with Gasteiger partial charge in [-0.15, -0.1) is 0 Å². The van der Waals surface area contributed by atoms with Crippen LogP contribution >= 0.6 is 0 Å². The lowest BCUT2D eigenvalue weighted by Gasteiger charge is -2.38. The molecule has 2 N–H and O–H groups in total. The number of nitrogens with zero attached hydrogens (tertiary/aromatic N) is 5. The molecule has 30 heavy (non-hydrogen) atoms. The molecule has 7 heteroatoms. The molecule has 1 saturated carbocycles. The van der Waals surface area contributed by atoms with Crippen LogP contribution in [-0.2, 0) is 0 Å². The SMILES string of the molecule is Cc1ccc(C2N=C(C3CC3)N2C)cc1N=CN.Cc1cnc(-c2ccccn2)o1. The zero-order valence-electron chi connectivity index (χ0n) is 17.5. The monoisotopic (exact) mass is 402 g/mol. The molecule has 2 aliphatic rings. The first-order valence-corrected chi connectivity index (χ1v) is 10.1.